The number of carboxylic acids is 1. The highest BCUT2D eigenvalue weighted by Gasteiger charge is 2.48. The lowest BCUT2D eigenvalue weighted by molar-refractivity contribution is -0.129. The Kier molecular flexibility index (Phi) is 6.40. The molecule has 3 amide bonds. The van der Waals surface area contributed by atoms with Gasteiger partial charge in [0.15, 0.2) is 11.5 Å². The van der Waals surface area contributed by atoms with E-state index in [0.29, 0.717) is 22.0 Å². The molecular weight excluding hydrogens is 480 g/mol. The van der Waals surface area contributed by atoms with Gasteiger partial charge >= 0.3 is 5.97 Å². The molecule has 9 nitrogen and oxygen atoms in total. The molecule has 1 unspecified atom stereocenters. The molecule has 0 bridgehead atoms. The second-order valence-corrected chi connectivity index (χ2v) is 8.98. The number of ether oxygens (including phenoxy) is 2. The van der Waals surface area contributed by atoms with Crippen molar-refractivity contribution in [2.24, 2.45) is 0 Å². The minimum Gasteiger partial charge on any atom is -0.493 e. The number of carbonyl (C=O) groups excluding carboxylic acids is 3. The molecule has 2 saturated heterocycles. The van der Waals surface area contributed by atoms with E-state index in [4.69, 9.17) is 26.8 Å². The number of carbonyl (C=O) groups is 4. The predicted molar refractivity (Wildman–Crippen MR) is 129 cm³/mol. The van der Waals surface area contributed by atoms with Gasteiger partial charge in [-0.2, -0.15) is 0 Å². The second-order valence-electron chi connectivity index (χ2n) is 7.31. The van der Waals surface area contributed by atoms with Gasteiger partial charge in [0.1, 0.15) is 10.4 Å². The molecule has 4 rings (SSSR count). The summed E-state index contributed by atoms with van der Waals surface area (Å²) >= 11 is 6.41. The van der Waals surface area contributed by atoms with Gasteiger partial charge in [0.05, 0.1) is 36.8 Å². The number of hydrogen-bond donors (Lipinski definition) is 1. The van der Waals surface area contributed by atoms with E-state index in [2.05, 4.69) is 0 Å². The zero-order chi connectivity index (χ0) is 24.6. The van der Waals surface area contributed by atoms with Gasteiger partial charge in [-0.3, -0.25) is 19.3 Å². The average Bonchev–Trinajstić information content (AvgIpc) is 3.26. The van der Waals surface area contributed by atoms with Crippen molar-refractivity contribution < 1.29 is 33.8 Å². The first-order chi connectivity index (χ1) is 16.2. The maximum Gasteiger partial charge on any atom is 0.335 e. The number of anilines is 1. The highest BCUT2D eigenvalue weighted by atomic mass is 32.2. The summed E-state index contributed by atoms with van der Waals surface area (Å²) < 4.78 is 10.7. The quantitative estimate of drug-likeness (QED) is 0.365. The van der Waals surface area contributed by atoms with Crippen molar-refractivity contribution >= 4 is 63.8 Å². The van der Waals surface area contributed by atoms with Gasteiger partial charge in [-0.15, -0.1) is 0 Å². The predicted octanol–water partition coefficient (Wildman–Crippen LogP) is 2.94. The van der Waals surface area contributed by atoms with Gasteiger partial charge in [0, 0.05) is 0 Å². The maximum atomic E-state index is 13.1. The molecule has 11 heteroatoms. The zero-order valence-electron chi connectivity index (χ0n) is 18.0. The SMILES string of the molecule is COc1ccc(/C=C2\SC(=S)N(C3CC(=O)N(c4ccc(C(=O)O)cc4)C3=O)C2=O)cc1OC. The fraction of sp³-hybridized carbons (Fsp3) is 0.174. The van der Waals surface area contributed by atoms with Crippen molar-refractivity contribution in [3.05, 3.63) is 58.5 Å². The number of amides is 3. The Morgan fingerprint density at radius 3 is 2.38 bits per heavy atom. The van der Waals surface area contributed by atoms with Crippen molar-refractivity contribution in [3.63, 3.8) is 0 Å². The molecule has 2 heterocycles. The molecule has 2 aliphatic rings. The number of rotatable bonds is 6. The Hall–Kier alpha value is -3.70. The molecule has 2 aromatic carbocycles. The van der Waals surface area contributed by atoms with E-state index in [9.17, 15) is 19.2 Å². The molecule has 34 heavy (non-hydrogen) atoms. The number of aromatic carboxylic acids is 1. The second kappa shape index (κ2) is 9.27. The molecule has 1 atom stereocenters. The third-order valence-electron chi connectivity index (χ3n) is 5.34. The summed E-state index contributed by atoms with van der Waals surface area (Å²) in [6.45, 7) is 0. The van der Waals surface area contributed by atoms with Crippen LogP contribution in [0.15, 0.2) is 47.4 Å². The Labute approximate surface area is 203 Å². The van der Waals surface area contributed by atoms with E-state index in [1.807, 2.05) is 0 Å². The molecule has 2 aliphatic heterocycles. The first-order valence-corrected chi connectivity index (χ1v) is 11.2. The Morgan fingerprint density at radius 1 is 1.09 bits per heavy atom. The van der Waals surface area contributed by atoms with E-state index >= 15 is 0 Å². The highest BCUT2D eigenvalue weighted by molar-refractivity contribution is 8.26. The van der Waals surface area contributed by atoms with Gasteiger partial charge < -0.3 is 14.6 Å². The summed E-state index contributed by atoms with van der Waals surface area (Å²) in [6, 6.07) is 9.45. The molecule has 0 spiro atoms. The van der Waals surface area contributed by atoms with Crippen molar-refractivity contribution in [1.82, 2.24) is 4.90 Å². The van der Waals surface area contributed by atoms with Crippen molar-refractivity contribution in [2.75, 3.05) is 19.1 Å². The van der Waals surface area contributed by atoms with Crippen molar-refractivity contribution in [2.45, 2.75) is 12.5 Å². The van der Waals surface area contributed by atoms with Gasteiger partial charge in [0.25, 0.3) is 11.8 Å². The summed E-state index contributed by atoms with van der Waals surface area (Å²) in [7, 11) is 3.02. The average molecular weight is 499 g/mol. The van der Waals surface area contributed by atoms with Crippen LogP contribution in [0.5, 0.6) is 11.5 Å². The normalized spacial score (nSPS) is 19.4. The minimum atomic E-state index is -1.12. The molecule has 0 aromatic heterocycles. The smallest absolute Gasteiger partial charge is 0.335 e. The van der Waals surface area contributed by atoms with Crippen LogP contribution in [0.2, 0.25) is 0 Å². The summed E-state index contributed by atoms with van der Waals surface area (Å²) in [6.07, 6.45) is 1.40. The van der Waals surface area contributed by atoms with Crippen LogP contribution in [0.25, 0.3) is 6.08 Å². The number of hydrogen-bond acceptors (Lipinski definition) is 8. The Balaban J connectivity index is 1.58. The van der Waals surface area contributed by atoms with Crippen LogP contribution in [-0.4, -0.2) is 58.3 Å². The van der Waals surface area contributed by atoms with Crippen molar-refractivity contribution in [1.29, 1.82) is 0 Å². The number of nitrogens with zero attached hydrogens (tertiary/aromatic N) is 2. The zero-order valence-corrected chi connectivity index (χ0v) is 19.6. The first-order valence-electron chi connectivity index (χ1n) is 9.94. The van der Waals surface area contributed by atoms with Crippen LogP contribution in [-0.2, 0) is 14.4 Å². The van der Waals surface area contributed by atoms with Gasteiger partial charge in [-0.05, 0) is 48.0 Å². The van der Waals surface area contributed by atoms with Crippen LogP contribution < -0.4 is 14.4 Å². The van der Waals surface area contributed by atoms with Crippen LogP contribution in [0, 0.1) is 0 Å². The topological polar surface area (TPSA) is 113 Å². The summed E-state index contributed by atoms with van der Waals surface area (Å²) in [5.74, 6) is -1.67. The molecule has 2 aromatic rings. The van der Waals surface area contributed by atoms with Gasteiger partial charge in [0.2, 0.25) is 5.91 Å². The lowest BCUT2D eigenvalue weighted by atomic mass is 10.1. The van der Waals surface area contributed by atoms with Crippen LogP contribution >= 0.6 is 24.0 Å². The number of methoxy groups -OCH3 is 2. The fourth-order valence-electron chi connectivity index (χ4n) is 3.68. The van der Waals surface area contributed by atoms with E-state index in [0.717, 1.165) is 16.7 Å². The number of thiocarbonyl (C=S) groups is 1. The molecule has 2 fully saturated rings. The van der Waals surface area contributed by atoms with Gasteiger partial charge in [-0.1, -0.05) is 30.0 Å². The number of imide groups is 1. The molecule has 0 saturated carbocycles. The van der Waals surface area contributed by atoms with Crippen LogP contribution in [0.1, 0.15) is 22.3 Å². The number of carboxylic acid groups (broad SMARTS) is 1. The van der Waals surface area contributed by atoms with E-state index in [1.165, 1.54) is 43.4 Å². The molecular formula is C23H18N2O7S2. The first kappa shape index (κ1) is 23.5. The minimum absolute atomic E-state index is 0.0247. The molecule has 0 radical (unpaired) electrons. The molecule has 0 aliphatic carbocycles. The maximum absolute atomic E-state index is 13.1. The Bertz CT molecular complexity index is 1260. The lowest BCUT2D eigenvalue weighted by Crippen LogP contribution is -2.44. The van der Waals surface area contributed by atoms with Crippen molar-refractivity contribution in [3.8, 4) is 11.5 Å². The Morgan fingerprint density at radius 2 is 1.76 bits per heavy atom. The third-order valence-corrected chi connectivity index (χ3v) is 6.67. The van der Waals surface area contributed by atoms with E-state index < -0.39 is 29.7 Å². The summed E-state index contributed by atoms with van der Waals surface area (Å²) in [5, 5.41) is 9.05. The lowest BCUT2D eigenvalue weighted by Gasteiger charge is -2.21. The number of benzene rings is 2. The fourth-order valence-corrected chi connectivity index (χ4v) is 5.04. The van der Waals surface area contributed by atoms with Crippen LogP contribution in [0.3, 0.4) is 0 Å². The number of thioether (sulfide) groups is 1. The van der Waals surface area contributed by atoms with Crippen LogP contribution in [0.4, 0.5) is 5.69 Å². The highest BCUT2D eigenvalue weighted by Crippen LogP contribution is 2.38. The van der Waals surface area contributed by atoms with E-state index in [1.54, 1.807) is 24.3 Å². The standard InChI is InChI=1S/C23H18N2O7S2/c1-31-16-8-3-12(9-17(16)32-2)10-18-21(28)25(23(33)34-18)15-11-19(26)24(20(15)27)14-6-4-13(5-7-14)22(29)30/h3-10,15H,11H2,1-2H3,(H,29,30)/b18-10-. The molecule has 1 N–H and O–H groups in total. The molecule has 174 valence electrons. The summed E-state index contributed by atoms with van der Waals surface area (Å²) in [5.41, 5.74) is 0.928. The van der Waals surface area contributed by atoms with Gasteiger partial charge in [-0.25, -0.2) is 9.69 Å². The van der Waals surface area contributed by atoms with E-state index in [-0.39, 0.29) is 22.0 Å². The third kappa shape index (κ3) is 4.15. The summed E-state index contributed by atoms with van der Waals surface area (Å²) in [4.78, 5) is 52.4. The largest absolute Gasteiger partial charge is 0.493 e. The monoisotopic (exact) mass is 498 g/mol.